The van der Waals surface area contributed by atoms with Crippen molar-refractivity contribution in [1.29, 1.82) is 0 Å². The molecular formula is C26H24N4OS. The molecule has 0 aliphatic carbocycles. The summed E-state index contributed by atoms with van der Waals surface area (Å²) in [6.07, 6.45) is 6.12. The fraction of sp³-hybridized carbons (Fsp3) is 0.154. The highest BCUT2D eigenvalue weighted by Crippen LogP contribution is 2.39. The van der Waals surface area contributed by atoms with Crippen LogP contribution in [0.5, 0.6) is 5.75 Å². The van der Waals surface area contributed by atoms with Gasteiger partial charge in [0.05, 0.1) is 24.9 Å². The summed E-state index contributed by atoms with van der Waals surface area (Å²) in [5.74, 6) is 0.846. The molecule has 2 unspecified atom stereocenters. The maximum atomic E-state index is 5.80. The third-order valence-electron chi connectivity index (χ3n) is 5.82. The molecule has 4 aromatic rings. The van der Waals surface area contributed by atoms with Gasteiger partial charge in [0, 0.05) is 30.8 Å². The Morgan fingerprint density at radius 2 is 1.75 bits per heavy atom. The third kappa shape index (κ3) is 3.97. The van der Waals surface area contributed by atoms with E-state index >= 15 is 0 Å². The first-order valence-electron chi connectivity index (χ1n) is 10.6. The molecule has 3 heterocycles. The molecule has 1 aliphatic heterocycles. The van der Waals surface area contributed by atoms with Crippen molar-refractivity contribution < 1.29 is 4.74 Å². The van der Waals surface area contributed by atoms with Crippen molar-refractivity contribution in [1.82, 2.24) is 19.8 Å². The van der Waals surface area contributed by atoms with Crippen molar-refractivity contribution in [2.24, 2.45) is 0 Å². The summed E-state index contributed by atoms with van der Waals surface area (Å²) in [5, 5.41) is 4.25. The van der Waals surface area contributed by atoms with Crippen molar-refractivity contribution in [3.63, 3.8) is 0 Å². The molecule has 2 aromatic carbocycles. The van der Waals surface area contributed by atoms with Gasteiger partial charge in [0.1, 0.15) is 5.75 Å². The monoisotopic (exact) mass is 440 g/mol. The van der Waals surface area contributed by atoms with Gasteiger partial charge in [0.2, 0.25) is 0 Å². The lowest BCUT2D eigenvalue weighted by atomic mass is 9.98. The molecule has 160 valence electrons. The lowest BCUT2D eigenvalue weighted by Gasteiger charge is -2.27. The van der Waals surface area contributed by atoms with Gasteiger partial charge in [0.15, 0.2) is 5.11 Å². The molecule has 0 spiro atoms. The number of ether oxygens (including phenoxy) is 1. The zero-order valence-corrected chi connectivity index (χ0v) is 18.6. The van der Waals surface area contributed by atoms with Crippen molar-refractivity contribution in [2.75, 3.05) is 7.11 Å². The number of nitrogens with zero attached hydrogens (tertiary/aromatic N) is 3. The first-order chi connectivity index (χ1) is 15.7. The SMILES string of the molecule is COc1ccc(CN2C(=S)NC(c3ccccn3)C2c2ccn(-c3ccccc3)c2)cc1. The van der Waals surface area contributed by atoms with Gasteiger partial charge in [-0.25, -0.2) is 0 Å². The Hall–Kier alpha value is -3.64. The zero-order valence-electron chi connectivity index (χ0n) is 17.8. The maximum Gasteiger partial charge on any atom is 0.170 e. The number of aromatic nitrogens is 2. The van der Waals surface area contributed by atoms with Crippen molar-refractivity contribution >= 4 is 17.3 Å². The molecule has 1 N–H and O–H groups in total. The highest BCUT2D eigenvalue weighted by molar-refractivity contribution is 7.80. The highest BCUT2D eigenvalue weighted by Gasteiger charge is 2.40. The minimum absolute atomic E-state index is 0.0180. The number of pyridine rings is 1. The molecule has 5 nitrogen and oxygen atoms in total. The van der Waals surface area contributed by atoms with E-state index in [0.29, 0.717) is 6.54 Å². The van der Waals surface area contributed by atoms with Crippen LogP contribution in [-0.4, -0.2) is 26.7 Å². The van der Waals surface area contributed by atoms with Crippen molar-refractivity contribution in [3.8, 4) is 11.4 Å². The molecule has 0 amide bonds. The fourth-order valence-corrected chi connectivity index (χ4v) is 4.52. The summed E-state index contributed by atoms with van der Waals surface area (Å²) >= 11 is 5.80. The summed E-state index contributed by atoms with van der Waals surface area (Å²) < 4.78 is 7.46. The van der Waals surface area contributed by atoms with Crippen LogP contribution in [0.15, 0.2) is 97.5 Å². The molecular weight excluding hydrogens is 416 g/mol. The molecule has 1 fully saturated rings. The summed E-state index contributed by atoms with van der Waals surface area (Å²) in [5.41, 5.74) is 4.46. The van der Waals surface area contributed by atoms with Gasteiger partial charge in [-0.2, -0.15) is 0 Å². The first-order valence-corrected chi connectivity index (χ1v) is 11.0. The zero-order chi connectivity index (χ0) is 21.9. The molecule has 2 atom stereocenters. The van der Waals surface area contributed by atoms with E-state index in [-0.39, 0.29) is 12.1 Å². The second-order valence-electron chi connectivity index (χ2n) is 7.79. The molecule has 0 radical (unpaired) electrons. The fourth-order valence-electron chi connectivity index (χ4n) is 4.22. The van der Waals surface area contributed by atoms with Crippen LogP contribution in [-0.2, 0) is 6.54 Å². The average molecular weight is 441 g/mol. The number of hydrogen-bond donors (Lipinski definition) is 1. The van der Waals surface area contributed by atoms with Crippen LogP contribution in [0.2, 0.25) is 0 Å². The van der Waals surface area contributed by atoms with E-state index in [0.717, 1.165) is 22.2 Å². The Morgan fingerprint density at radius 1 is 0.969 bits per heavy atom. The van der Waals surface area contributed by atoms with Gasteiger partial charge >= 0.3 is 0 Å². The predicted octanol–water partition coefficient (Wildman–Crippen LogP) is 5.05. The minimum Gasteiger partial charge on any atom is -0.497 e. The van der Waals surface area contributed by atoms with E-state index in [1.807, 2.05) is 48.7 Å². The predicted molar refractivity (Wildman–Crippen MR) is 130 cm³/mol. The smallest absolute Gasteiger partial charge is 0.170 e. The number of nitrogens with one attached hydrogen (secondary N) is 1. The summed E-state index contributed by atoms with van der Waals surface area (Å²) in [4.78, 5) is 6.88. The van der Waals surface area contributed by atoms with E-state index in [2.05, 4.69) is 68.6 Å². The largest absolute Gasteiger partial charge is 0.497 e. The van der Waals surface area contributed by atoms with Crippen LogP contribution in [0.4, 0.5) is 0 Å². The average Bonchev–Trinajstić information content (AvgIpc) is 3.46. The lowest BCUT2D eigenvalue weighted by molar-refractivity contribution is 0.311. The number of methoxy groups -OCH3 is 1. The molecule has 6 heteroatoms. The first kappa shape index (κ1) is 20.3. The standard InChI is InChI=1S/C26H24N4OS/c1-31-22-12-10-19(11-13-22)17-30-25(24(28-26(30)32)23-9-5-6-15-27-23)20-14-16-29(18-20)21-7-3-2-4-8-21/h2-16,18,24-25H,17H2,1H3,(H,28,32). The van der Waals surface area contributed by atoms with E-state index in [1.165, 1.54) is 11.1 Å². The summed E-state index contributed by atoms with van der Waals surface area (Å²) in [6, 6.07) is 26.6. The van der Waals surface area contributed by atoms with Gasteiger partial charge < -0.3 is 19.5 Å². The molecule has 5 rings (SSSR count). The molecule has 0 saturated carbocycles. The molecule has 2 aromatic heterocycles. The quantitative estimate of drug-likeness (QED) is 0.425. The molecule has 1 saturated heterocycles. The highest BCUT2D eigenvalue weighted by atomic mass is 32.1. The van der Waals surface area contributed by atoms with Gasteiger partial charge in [-0.05, 0) is 65.8 Å². The van der Waals surface area contributed by atoms with Crippen LogP contribution < -0.4 is 10.1 Å². The van der Waals surface area contributed by atoms with Gasteiger partial charge in [-0.3, -0.25) is 4.98 Å². The molecule has 1 aliphatic rings. The van der Waals surface area contributed by atoms with Gasteiger partial charge in [0.25, 0.3) is 0 Å². The lowest BCUT2D eigenvalue weighted by Crippen LogP contribution is -2.29. The van der Waals surface area contributed by atoms with Crippen LogP contribution in [0.1, 0.15) is 28.9 Å². The van der Waals surface area contributed by atoms with Crippen LogP contribution in [0.25, 0.3) is 5.69 Å². The Labute approximate surface area is 193 Å². The van der Waals surface area contributed by atoms with E-state index < -0.39 is 0 Å². The number of benzene rings is 2. The summed E-state index contributed by atoms with van der Waals surface area (Å²) in [7, 11) is 1.68. The van der Waals surface area contributed by atoms with E-state index in [9.17, 15) is 0 Å². The second kappa shape index (κ2) is 8.85. The summed E-state index contributed by atoms with van der Waals surface area (Å²) in [6.45, 7) is 0.695. The number of thiocarbonyl (C=S) groups is 1. The Bertz CT molecular complexity index is 1190. The van der Waals surface area contributed by atoms with Gasteiger partial charge in [-0.1, -0.05) is 36.4 Å². The van der Waals surface area contributed by atoms with Crippen LogP contribution >= 0.6 is 12.2 Å². The van der Waals surface area contributed by atoms with E-state index in [1.54, 1.807) is 7.11 Å². The Balaban J connectivity index is 1.51. The number of rotatable bonds is 6. The maximum absolute atomic E-state index is 5.80. The number of hydrogen-bond acceptors (Lipinski definition) is 3. The molecule has 32 heavy (non-hydrogen) atoms. The number of para-hydroxylation sites is 1. The van der Waals surface area contributed by atoms with Crippen molar-refractivity contribution in [2.45, 2.75) is 18.6 Å². The minimum atomic E-state index is -0.0337. The molecule has 0 bridgehead atoms. The topological polar surface area (TPSA) is 42.3 Å². The second-order valence-corrected chi connectivity index (χ2v) is 8.18. The normalized spacial score (nSPS) is 17.9. The van der Waals surface area contributed by atoms with E-state index in [4.69, 9.17) is 17.0 Å². The van der Waals surface area contributed by atoms with Gasteiger partial charge in [-0.15, -0.1) is 0 Å². The Kier molecular flexibility index (Phi) is 5.60. The third-order valence-corrected chi connectivity index (χ3v) is 6.17. The Morgan fingerprint density at radius 3 is 2.47 bits per heavy atom. The van der Waals surface area contributed by atoms with Crippen LogP contribution in [0, 0.1) is 0 Å². The van der Waals surface area contributed by atoms with Crippen molar-refractivity contribution in [3.05, 3.63) is 114 Å². The van der Waals surface area contributed by atoms with Crippen LogP contribution in [0.3, 0.4) is 0 Å².